The van der Waals surface area contributed by atoms with Gasteiger partial charge in [-0.15, -0.1) is 0 Å². The van der Waals surface area contributed by atoms with Crippen LogP contribution in [0.15, 0.2) is 95.6 Å². The molecule has 0 spiro atoms. The van der Waals surface area contributed by atoms with Crippen molar-refractivity contribution in [2.24, 2.45) is 4.99 Å². The lowest BCUT2D eigenvalue weighted by molar-refractivity contribution is -0.138. The zero-order chi connectivity index (χ0) is 27.3. The molecule has 1 aliphatic rings. The van der Waals surface area contributed by atoms with Gasteiger partial charge in [-0.3, -0.25) is 0 Å². The van der Waals surface area contributed by atoms with Gasteiger partial charge < -0.3 is 16.0 Å². The fourth-order valence-corrected chi connectivity index (χ4v) is 4.37. The smallest absolute Gasteiger partial charge is 0.363 e. The first-order valence-corrected chi connectivity index (χ1v) is 12.3. The van der Waals surface area contributed by atoms with E-state index in [1.807, 2.05) is 44.2 Å². The quantitative estimate of drug-likeness (QED) is 0.224. The summed E-state index contributed by atoms with van der Waals surface area (Å²) >= 11 is 0. The average Bonchev–Trinajstić information content (AvgIpc) is 2.90. The zero-order valence-corrected chi connectivity index (χ0v) is 21.3. The van der Waals surface area contributed by atoms with Crippen LogP contribution in [-0.2, 0) is 12.7 Å². The van der Waals surface area contributed by atoms with Crippen molar-refractivity contribution in [2.45, 2.75) is 39.2 Å². The Hall–Kier alpha value is -3.91. The van der Waals surface area contributed by atoms with Gasteiger partial charge in [0.2, 0.25) is 0 Å². The van der Waals surface area contributed by atoms with Crippen LogP contribution in [0, 0.1) is 12.7 Å². The summed E-state index contributed by atoms with van der Waals surface area (Å²) in [5.41, 5.74) is 3.71. The Morgan fingerprint density at radius 3 is 2.45 bits per heavy atom. The molecular weight excluding hydrogens is 492 g/mol. The number of hydrogen-bond acceptors (Lipinski definition) is 4. The summed E-state index contributed by atoms with van der Waals surface area (Å²) in [6.45, 7) is 9.00. The molecule has 8 heteroatoms. The van der Waals surface area contributed by atoms with Crippen LogP contribution in [0.1, 0.15) is 47.3 Å². The third-order valence-electron chi connectivity index (χ3n) is 6.46. The Kier molecular flexibility index (Phi) is 8.32. The second-order valence-electron chi connectivity index (χ2n) is 9.19. The lowest BCUT2D eigenvalue weighted by Crippen LogP contribution is -2.36. The van der Waals surface area contributed by atoms with E-state index in [2.05, 4.69) is 27.5 Å². The molecule has 0 amide bonds. The van der Waals surface area contributed by atoms with Gasteiger partial charge in [-0.25, -0.2) is 9.38 Å². The van der Waals surface area contributed by atoms with Gasteiger partial charge in [0.05, 0.1) is 5.56 Å². The summed E-state index contributed by atoms with van der Waals surface area (Å²) in [7, 11) is 0. The Labute approximate surface area is 220 Å². The molecule has 198 valence electrons. The predicted molar refractivity (Wildman–Crippen MR) is 144 cm³/mol. The third-order valence-corrected chi connectivity index (χ3v) is 6.46. The predicted octanol–water partition coefficient (Wildman–Crippen LogP) is 6.87. The molecule has 0 aliphatic carbocycles. The SMILES string of the molecule is C=C(NC1=NC(c2ccccc2C(F)(F)F)NC(CCNCc2ccccc2)=C1C)c1cc(F)ccc1C. The lowest BCUT2D eigenvalue weighted by atomic mass is 10.0. The van der Waals surface area contributed by atoms with Crippen molar-refractivity contribution in [2.75, 3.05) is 6.54 Å². The summed E-state index contributed by atoms with van der Waals surface area (Å²) in [5.74, 6) is -0.0207. The highest BCUT2D eigenvalue weighted by Crippen LogP contribution is 2.36. The van der Waals surface area contributed by atoms with E-state index in [0.29, 0.717) is 36.6 Å². The fraction of sp³-hybridized carbons (Fsp3) is 0.233. The fourth-order valence-electron chi connectivity index (χ4n) is 4.37. The van der Waals surface area contributed by atoms with E-state index in [0.717, 1.165) is 28.5 Å². The van der Waals surface area contributed by atoms with Crippen molar-refractivity contribution < 1.29 is 17.6 Å². The molecule has 4 rings (SSSR count). The summed E-state index contributed by atoms with van der Waals surface area (Å²) in [6, 6.07) is 19.7. The molecule has 0 fully saturated rings. The average molecular weight is 523 g/mol. The largest absolute Gasteiger partial charge is 0.416 e. The van der Waals surface area contributed by atoms with Gasteiger partial charge in [-0.05, 0) is 43.2 Å². The standard InChI is InChI=1S/C30H30F4N4/c1-19-13-14-23(31)17-25(19)21(3)36-28-20(2)27(15-16-35-18-22-9-5-4-6-10-22)37-29(38-28)24-11-7-8-12-26(24)30(32,33)34/h4-14,17,29,35,37H,3,15-16,18H2,1-2H3,(H,36,38). The van der Waals surface area contributed by atoms with Gasteiger partial charge in [-0.1, -0.05) is 61.2 Å². The molecular formula is C30H30F4N4. The number of nitrogens with one attached hydrogen (secondary N) is 3. The Balaban J connectivity index is 1.61. The minimum atomic E-state index is -4.53. The minimum Gasteiger partial charge on any atom is -0.363 e. The number of aryl methyl sites for hydroxylation is 1. The molecule has 38 heavy (non-hydrogen) atoms. The molecule has 1 unspecified atom stereocenters. The summed E-state index contributed by atoms with van der Waals surface area (Å²) in [6.07, 6.45) is -4.96. The number of amidine groups is 1. The maximum Gasteiger partial charge on any atom is 0.416 e. The second kappa shape index (κ2) is 11.6. The van der Waals surface area contributed by atoms with Gasteiger partial charge in [0.25, 0.3) is 0 Å². The third kappa shape index (κ3) is 6.50. The number of aliphatic imine (C=N–C) groups is 1. The van der Waals surface area contributed by atoms with Gasteiger partial charge >= 0.3 is 6.18 Å². The molecule has 1 aliphatic heterocycles. The first-order chi connectivity index (χ1) is 18.1. The second-order valence-corrected chi connectivity index (χ2v) is 9.19. The van der Waals surface area contributed by atoms with Crippen LogP contribution < -0.4 is 16.0 Å². The molecule has 3 N–H and O–H groups in total. The molecule has 0 bridgehead atoms. The molecule has 0 radical (unpaired) electrons. The topological polar surface area (TPSA) is 48.5 Å². The molecule has 3 aromatic carbocycles. The minimum absolute atomic E-state index is 0.0223. The number of hydrogen-bond donors (Lipinski definition) is 3. The zero-order valence-electron chi connectivity index (χ0n) is 21.3. The van der Waals surface area contributed by atoms with Crippen molar-refractivity contribution in [3.05, 3.63) is 124 Å². The number of halogens is 4. The van der Waals surface area contributed by atoms with Crippen LogP contribution in [0.3, 0.4) is 0 Å². The number of nitrogens with zero attached hydrogens (tertiary/aromatic N) is 1. The highest BCUT2D eigenvalue weighted by molar-refractivity contribution is 6.03. The van der Waals surface area contributed by atoms with Crippen LogP contribution in [0.2, 0.25) is 0 Å². The normalized spacial score (nSPS) is 15.6. The first-order valence-electron chi connectivity index (χ1n) is 12.3. The molecule has 3 aromatic rings. The van der Waals surface area contributed by atoms with Crippen LogP contribution in [0.5, 0.6) is 0 Å². The van der Waals surface area contributed by atoms with E-state index in [-0.39, 0.29) is 5.56 Å². The molecule has 1 atom stereocenters. The summed E-state index contributed by atoms with van der Waals surface area (Å²) in [5, 5.41) is 9.74. The highest BCUT2D eigenvalue weighted by atomic mass is 19.4. The first kappa shape index (κ1) is 27.1. The van der Waals surface area contributed by atoms with Crippen LogP contribution >= 0.6 is 0 Å². The summed E-state index contributed by atoms with van der Waals surface area (Å²) < 4.78 is 55.4. The van der Waals surface area contributed by atoms with Gasteiger partial charge in [0.15, 0.2) is 0 Å². The van der Waals surface area contributed by atoms with Crippen molar-refractivity contribution in [1.29, 1.82) is 0 Å². The molecule has 0 saturated heterocycles. The Morgan fingerprint density at radius 1 is 1.00 bits per heavy atom. The van der Waals surface area contributed by atoms with Crippen LogP contribution in [-0.4, -0.2) is 12.4 Å². The number of rotatable bonds is 8. The van der Waals surface area contributed by atoms with Crippen LogP contribution in [0.4, 0.5) is 17.6 Å². The molecule has 1 heterocycles. The van der Waals surface area contributed by atoms with E-state index in [9.17, 15) is 17.6 Å². The van der Waals surface area contributed by atoms with Crippen molar-refractivity contribution in [3.63, 3.8) is 0 Å². The Bertz CT molecular complexity index is 1360. The van der Waals surface area contributed by atoms with E-state index >= 15 is 0 Å². The van der Waals surface area contributed by atoms with E-state index in [1.54, 1.807) is 12.1 Å². The van der Waals surface area contributed by atoms with Crippen LogP contribution in [0.25, 0.3) is 5.70 Å². The van der Waals surface area contributed by atoms with Crippen molar-refractivity contribution in [3.8, 4) is 0 Å². The lowest BCUT2D eigenvalue weighted by Gasteiger charge is -2.30. The van der Waals surface area contributed by atoms with Gasteiger partial charge in [0, 0.05) is 47.6 Å². The van der Waals surface area contributed by atoms with E-state index < -0.39 is 23.7 Å². The Morgan fingerprint density at radius 2 is 1.71 bits per heavy atom. The molecule has 0 saturated carbocycles. The highest BCUT2D eigenvalue weighted by Gasteiger charge is 2.36. The van der Waals surface area contributed by atoms with E-state index in [4.69, 9.17) is 0 Å². The van der Waals surface area contributed by atoms with Crippen molar-refractivity contribution >= 4 is 11.5 Å². The maximum absolute atomic E-state index is 13.9. The number of benzene rings is 3. The molecule has 4 nitrogen and oxygen atoms in total. The monoisotopic (exact) mass is 522 g/mol. The molecule has 0 aromatic heterocycles. The van der Waals surface area contributed by atoms with Gasteiger partial charge in [0.1, 0.15) is 17.8 Å². The van der Waals surface area contributed by atoms with E-state index in [1.165, 1.54) is 24.3 Å². The number of alkyl halides is 3. The van der Waals surface area contributed by atoms with Gasteiger partial charge in [-0.2, -0.15) is 13.2 Å². The van der Waals surface area contributed by atoms with Crippen molar-refractivity contribution in [1.82, 2.24) is 16.0 Å². The maximum atomic E-state index is 13.9. The summed E-state index contributed by atoms with van der Waals surface area (Å²) in [4.78, 5) is 4.61.